The summed E-state index contributed by atoms with van der Waals surface area (Å²) < 4.78 is 10.6. The highest BCUT2D eigenvalue weighted by atomic mass is 16.6. The zero-order valence-corrected chi connectivity index (χ0v) is 13.1. The van der Waals surface area contributed by atoms with Gasteiger partial charge in [0.2, 0.25) is 11.8 Å². The lowest BCUT2D eigenvalue weighted by molar-refractivity contribution is -0.384. The van der Waals surface area contributed by atoms with E-state index in [0.29, 0.717) is 0 Å². The molecular formula is C16H14N2O7. The normalized spacial score (nSPS) is 32.4. The molecule has 9 nitrogen and oxygen atoms in total. The molecule has 1 aromatic carbocycles. The van der Waals surface area contributed by atoms with E-state index in [4.69, 9.17) is 9.47 Å². The monoisotopic (exact) mass is 346 g/mol. The van der Waals surface area contributed by atoms with Crippen LogP contribution in [0.25, 0.3) is 0 Å². The molecule has 2 fully saturated rings. The molecule has 0 saturated carbocycles. The summed E-state index contributed by atoms with van der Waals surface area (Å²) in [5, 5.41) is 21.1. The van der Waals surface area contributed by atoms with Gasteiger partial charge in [-0.2, -0.15) is 0 Å². The maximum Gasteiger partial charge on any atom is 0.297 e. The average molecular weight is 346 g/mol. The van der Waals surface area contributed by atoms with Gasteiger partial charge in [-0.15, -0.1) is 0 Å². The molecule has 130 valence electrons. The Balaban J connectivity index is 1.80. The van der Waals surface area contributed by atoms with Crippen LogP contribution in [0, 0.1) is 22.0 Å². The lowest BCUT2D eigenvalue weighted by Gasteiger charge is -2.26. The van der Waals surface area contributed by atoms with Gasteiger partial charge in [-0.1, -0.05) is 12.2 Å². The van der Waals surface area contributed by atoms with Crippen LogP contribution in [0.3, 0.4) is 0 Å². The van der Waals surface area contributed by atoms with Gasteiger partial charge in [0.05, 0.1) is 42.6 Å². The van der Waals surface area contributed by atoms with Gasteiger partial charge in [-0.3, -0.25) is 19.7 Å². The second-order valence-corrected chi connectivity index (χ2v) is 6.18. The minimum atomic E-state index is -1.24. The van der Waals surface area contributed by atoms with Gasteiger partial charge in [0.1, 0.15) is 17.0 Å². The van der Waals surface area contributed by atoms with Gasteiger partial charge in [-0.25, -0.2) is 4.90 Å². The van der Waals surface area contributed by atoms with Gasteiger partial charge < -0.3 is 14.6 Å². The van der Waals surface area contributed by atoms with Crippen LogP contribution in [-0.2, 0) is 14.3 Å². The third-order valence-corrected chi connectivity index (χ3v) is 5.02. The van der Waals surface area contributed by atoms with Crippen molar-refractivity contribution in [2.45, 2.75) is 11.7 Å². The molecule has 0 unspecified atom stereocenters. The smallest absolute Gasteiger partial charge is 0.297 e. The highest BCUT2D eigenvalue weighted by Gasteiger charge is 2.68. The van der Waals surface area contributed by atoms with Gasteiger partial charge in [0.25, 0.3) is 5.69 Å². The molecule has 9 heteroatoms. The van der Waals surface area contributed by atoms with Crippen molar-refractivity contribution in [2.24, 2.45) is 11.8 Å². The van der Waals surface area contributed by atoms with Crippen LogP contribution in [-0.4, -0.2) is 47.3 Å². The largest absolute Gasteiger partial charge is 0.496 e. The number of fused-ring (bicyclic) bond motifs is 5. The Bertz CT molecular complexity index is 836. The van der Waals surface area contributed by atoms with Crippen molar-refractivity contribution < 1.29 is 29.1 Å². The predicted octanol–water partition coefficient (Wildman–Crippen LogP) is 0.409. The van der Waals surface area contributed by atoms with Crippen LogP contribution in [0.1, 0.15) is 0 Å². The Labute approximate surface area is 141 Å². The standard InChI is InChI=1S/C16H14N2O7/c1-24-8-2-3-9(10(6-8)18(22)23)17-14(20)12-11-4-5-16(7-19,25-11)13(12)15(17)21/h2-6,11-13,19H,7H2,1H3/t11-,12-,13-,16-/m0/s1. The molecule has 0 radical (unpaired) electrons. The van der Waals surface area contributed by atoms with Crippen LogP contribution < -0.4 is 9.64 Å². The molecule has 3 aliphatic rings. The number of nitro benzene ring substituents is 1. The summed E-state index contributed by atoms with van der Waals surface area (Å²) in [6.07, 6.45) is 2.63. The Morgan fingerprint density at radius 2 is 2.16 bits per heavy atom. The van der Waals surface area contributed by atoms with E-state index in [1.54, 1.807) is 12.2 Å². The van der Waals surface area contributed by atoms with Crippen LogP contribution in [0.2, 0.25) is 0 Å². The fourth-order valence-corrected chi connectivity index (χ4v) is 3.89. The summed E-state index contributed by atoms with van der Waals surface area (Å²) in [6, 6.07) is 3.92. The number of carbonyl (C=O) groups is 2. The summed E-state index contributed by atoms with van der Waals surface area (Å²) in [4.78, 5) is 37.3. The molecule has 3 aliphatic heterocycles. The Kier molecular flexibility index (Phi) is 3.21. The molecule has 2 bridgehead atoms. The number of hydrogen-bond acceptors (Lipinski definition) is 7. The van der Waals surface area contributed by atoms with Crippen LogP contribution in [0.5, 0.6) is 5.75 Å². The number of carbonyl (C=O) groups excluding carboxylic acids is 2. The lowest BCUT2D eigenvalue weighted by Crippen LogP contribution is -2.43. The first kappa shape index (κ1) is 15.7. The molecule has 25 heavy (non-hydrogen) atoms. The average Bonchev–Trinajstić information content (AvgIpc) is 3.25. The highest BCUT2D eigenvalue weighted by molar-refractivity contribution is 6.24. The molecule has 2 amide bonds. The van der Waals surface area contributed by atoms with E-state index >= 15 is 0 Å². The number of methoxy groups -OCH3 is 1. The zero-order valence-electron chi connectivity index (χ0n) is 13.1. The van der Waals surface area contributed by atoms with Gasteiger partial charge in [0, 0.05) is 0 Å². The number of benzene rings is 1. The molecule has 0 spiro atoms. The van der Waals surface area contributed by atoms with Gasteiger partial charge in [0.15, 0.2) is 0 Å². The molecule has 1 aromatic rings. The number of anilines is 1. The van der Waals surface area contributed by atoms with Crippen molar-refractivity contribution in [2.75, 3.05) is 18.6 Å². The number of rotatable bonds is 4. The van der Waals surface area contributed by atoms with Crippen molar-refractivity contribution in [3.05, 3.63) is 40.5 Å². The first-order valence-electron chi connectivity index (χ1n) is 7.62. The Morgan fingerprint density at radius 3 is 2.80 bits per heavy atom. The molecule has 4 rings (SSSR count). The third-order valence-electron chi connectivity index (χ3n) is 5.02. The number of ether oxygens (including phenoxy) is 2. The molecule has 1 N–H and O–H groups in total. The van der Waals surface area contributed by atoms with E-state index in [1.807, 2.05) is 0 Å². The Morgan fingerprint density at radius 1 is 1.40 bits per heavy atom. The van der Waals surface area contributed by atoms with Crippen LogP contribution >= 0.6 is 0 Å². The van der Waals surface area contributed by atoms with Crippen LogP contribution in [0.4, 0.5) is 11.4 Å². The van der Waals surface area contributed by atoms with Gasteiger partial charge >= 0.3 is 0 Å². The number of imide groups is 1. The number of nitrogens with zero attached hydrogens (tertiary/aromatic N) is 2. The number of hydrogen-bond donors (Lipinski definition) is 1. The molecule has 3 heterocycles. The number of amides is 2. The first-order chi connectivity index (χ1) is 11.9. The Hall–Kier alpha value is -2.78. The molecule has 0 aliphatic carbocycles. The summed E-state index contributed by atoms with van der Waals surface area (Å²) in [7, 11) is 1.36. The first-order valence-corrected chi connectivity index (χ1v) is 7.62. The minimum Gasteiger partial charge on any atom is -0.496 e. The molecule has 0 aromatic heterocycles. The number of nitro groups is 1. The number of aliphatic hydroxyl groups is 1. The van der Waals surface area contributed by atoms with Crippen molar-refractivity contribution in [1.29, 1.82) is 0 Å². The summed E-state index contributed by atoms with van der Waals surface area (Å²) in [5.41, 5.74) is -1.75. The minimum absolute atomic E-state index is 0.109. The van der Waals surface area contributed by atoms with Crippen LogP contribution in [0.15, 0.2) is 30.4 Å². The predicted molar refractivity (Wildman–Crippen MR) is 83.0 cm³/mol. The van der Waals surface area contributed by atoms with E-state index in [0.717, 1.165) is 11.0 Å². The lowest BCUT2D eigenvalue weighted by atomic mass is 9.77. The zero-order chi connectivity index (χ0) is 17.9. The fourth-order valence-electron chi connectivity index (χ4n) is 3.89. The molecule has 2 saturated heterocycles. The van der Waals surface area contributed by atoms with Gasteiger partial charge in [-0.05, 0) is 12.1 Å². The SMILES string of the molecule is COc1ccc(N2C(=O)[C@H]3[C@@H]4C=C[C@@](CO)(O4)[C@@H]3C2=O)c([N+](=O)[O-])c1. The maximum absolute atomic E-state index is 12.9. The van der Waals surface area contributed by atoms with Crippen molar-refractivity contribution in [3.8, 4) is 5.75 Å². The van der Waals surface area contributed by atoms with E-state index in [-0.39, 0.29) is 11.4 Å². The van der Waals surface area contributed by atoms with Crippen molar-refractivity contribution >= 4 is 23.2 Å². The second-order valence-electron chi connectivity index (χ2n) is 6.18. The summed E-state index contributed by atoms with van der Waals surface area (Å²) in [5.74, 6) is -2.60. The third kappa shape index (κ3) is 1.90. The topological polar surface area (TPSA) is 119 Å². The number of aliphatic hydroxyl groups excluding tert-OH is 1. The molecular weight excluding hydrogens is 332 g/mol. The van der Waals surface area contributed by atoms with Crippen molar-refractivity contribution in [1.82, 2.24) is 0 Å². The fraction of sp³-hybridized carbons (Fsp3) is 0.375. The molecule has 4 atom stereocenters. The highest BCUT2D eigenvalue weighted by Crippen LogP contribution is 2.53. The van der Waals surface area contributed by atoms with E-state index in [2.05, 4.69) is 0 Å². The quantitative estimate of drug-likeness (QED) is 0.363. The summed E-state index contributed by atoms with van der Waals surface area (Å²) in [6.45, 7) is -0.446. The van der Waals surface area contributed by atoms with Crippen molar-refractivity contribution in [3.63, 3.8) is 0 Å². The maximum atomic E-state index is 12.9. The summed E-state index contributed by atoms with van der Waals surface area (Å²) >= 11 is 0. The van der Waals surface area contributed by atoms with E-state index in [1.165, 1.54) is 19.2 Å². The van der Waals surface area contributed by atoms with E-state index in [9.17, 15) is 24.8 Å². The van der Waals surface area contributed by atoms with E-state index < -0.39 is 52.6 Å². The second kappa shape index (κ2) is 5.11.